The molecule has 264 valence electrons. The standard InChI is InChI=1S/C35H72NO7P/c1-6-8-10-12-14-15-16-17-18-19-20-21-22-23-25-27-30-40-32-34(43-35(37)28-26-24-13-11-9-7-2)33-42-44(38,39)41-31-29-36(3,4)5/h34H,6-33H2,1-5H3/p+1. The van der Waals surface area contributed by atoms with Crippen LogP contribution in [0.3, 0.4) is 0 Å². The van der Waals surface area contributed by atoms with Gasteiger partial charge in [0.25, 0.3) is 0 Å². The summed E-state index contributed by atoms with van der Waals surface area (Å²) in [6.07, 6.45) is 27.2. The maximum atomic E-state index is 12.4. The number of esters is 1. The van der Waals surface area contributed by atoms with Crippen LogP contribution in [0.5, 0.6) is 0 Å². The molecule has 0 aliphatic rings. The van der Waals surface area contributed by atoms with Gasteiger partial charge < -0.3 is 18.9 Å². The van der Waals surface area contributed by atoms with Gasteiger partial charge in [0.15, 0.2) is 0 Å². The topological polar surface area (TPSA) is 91.3 Å². The number of nitrogens with zero attached hydrogens (tertiary/aromatic N) is 1. The van der Waals surface area contributed by atoms with E-state index < -0.39 is 13.9 Å². The molecule has 0 aromatic rings. The fourth-order valence-corrected chi connectivity index (χ4v) is 5.76. The highest BCUT2D eigenvalue weighted by Crippen LogP contribution is 2.43. The number of phosphoric acid groups is 1. The van der Waals surface area contributed by atoms with Gasteiger partial charge in [0.05, 0.1) is 34.4 Å². The average molecular weight is 651 g/mol. The van der Waals surface area contributed by atoms with Crippen molar-refractivity contribution in [1.82, 2.24) is 0 Å². The molecule has 0 amide bonds. The molecule has 0 spiro atoms. The van der Waals surface area contributed by atoms with Gasteiger partial charge in [-0.3, -0.25) is 13.8 Å². The van der Waals surface area contributed by atoms with E-state index in [2.05, 4.69) is 13.8 Å². The van der Waals surface area contributed by atoms with Gasteiger partial charge in [-0.2, -0.15) is 0 Å². The molecule has 0 saturated carbocycles. The number of quaternary nitrogens is 1. The van der Waals surface area contributed by atoms with Crippen LogP contribution in [0.15, 0.2) is 0 Å². The number of unbranched alkanes of at least 4 members (excludes halogenated alkanes) is 20. The Bertz CT molecular complexity index is 686. The van der Waals surface area contributed by atoms with Gasteiger partial charge in [-0.25, -0.2) is 4.57 Å². The number of hydrogen-bond donors (Lipinski definition) is 1. The smallest absolute Gasteiger partial charge is 0.457 e. The zero-order chi connectivity index (χ0) is 32.8. The summed E-state index contributed by atoms with van der Waals surface area (Å²) in [7, 11) is 1.68. The number of rotatable bonds is 34. The van der Waals surface area contributed by atoms with E-state index in [4.69, 9.17) is 18.5 Å². The summed E-state index contributed by atoms with van der Waals surface area (Å²) in [5.41, 5.74) is 0. The van der Waals surface area contributed by atoms with E-state index in [0.717, 1.165) is 32.1 Å². The van der Waals surface area contributed by atoms with Crippen molar-refractivity contribution in [2.75, 3.05) is 54.1 Å². The molecule has 0 aromatic carbocycles. The van der Waals surface area contributed by atoms with Gasteiger partial charge in [0.1, 0.15) is 19.3 Å². The Morgan fingerprint density at radius 3 is 1.50 bits per heavy atom. The lowest BCUT2D eigenvalue weighted by atomic mass is 10.0. The van der Waals surface area contributed by atoms with Gasteiger partial charge in [0.2, 0.25) is 0 Å². The molecular weight excluding hydrogens is 577 g/mol. The predicted molar refractivity (Wildman–Crippen MR) is 183 cm³/mol. The van der Waals surface area contributed by atoms with Crippen LogP contribution < -0.4 is 0 Å². The number of phosphoric ester groups is 1. The number of carbonyl (C=O) groups is 1. The SMILES string of the molecule is CCCCCCCCCCCCCCCCCCOCC(COP(=O)(O)OCC[N+](C)(C)C)OC(=O)CCCCCCCC. The minimum atomic E-state index is -4.25. The first kappa shape index (κ1) is 43.5. The number of carbonyl (C=O) groups excluding carboxylic acids is 1. The summed E-state index contributed by atoms with van der Waals surface area (Å²) in [4.78, 5) is 22.5. The number of hydrogen-bond acceptors (Lipinski definition) is 6. The van der Waals surface area contributed by atoms with Crippen LogP contribution in [0, 0.1) is 0 Å². The van der Waals surface area contributed by atoms with E-state index in [-0.39, 0.29) is 25.8 Å². The molecule has 0 bridgehead atoms. The van der Waals surface area contributed by atoms with Crippen LogP contribution in [-0.4, -0.2) is 75.6 Å². The average Bonchev–Trinajstić information content (AvgIpc) is 2.96. The van der Waals surface area contributed by atoms with Crippen molar-refractivity contribution in [2.24, 2.45) is 0 Å². The zero-order valence-corrected chi connectivity index (χ0v) is 30.6. The molecule has 0 rings (SSSR count). The third kappa shape index (κ3) is 32.9. The molecule has 2 atom stereocenters. The van der Waals surface area contributed by atoms with Crippen LogP contribution in [-0.2, 0) is 27.9 Å². The van der Waals surface area contributed by atoms with Crippen LogP contribution in [0.2, 0.25) is 0 Å². The summed E-state index contributed by atoms with van der Waals surface area (Å²) in [6.45, 7) is 5.58. The highest BCUT2D eigenvalue weighted by Gasteiger charge is 2.26. The lowest BCUT2D eigenvalue weighted by Crippen LogP contribution is -2.37. The summed E-state index contributed by atoms with van der Waals surface area (Å²) >= 11 is 0. The third-order valence-electron chi connectivity index (χ3n) is 7.92. The summed E-state index contributed by atoms with van der Waals surface area (Å²) in [5, 5.41) is 0. The van der Waals surface area contributed by atoms with E-state index in [9.17, 15) is 14.3 Å². The lowest BCUT2D eigenvalue weighted by molar-refractivity contribution is -0.870. The van der Waals surface area contributed by atoms with Crippen molar-refractivity contribution in [3.63, 3.8) is 0 Å². The minimum absolute atomic E-state index is 0.0928. The van der Waals surface area contributed by atoms with Crippen molar-refractivity contribution in [3.8, 4) is 0 Å². The summed E-state index contributed by atoms with van der Waals surface area (Å²) < 4.78 is 34.6. The maximum absolute atomic E-state index is 12.4. The van der Waals surface area contributed by atoms with Gasteiger partial charge in [0, 0.05) is 13.0 Å². The van der Waals surface area contributed by atoms with E-state index in [1.165, 1.54) is 109 Å². The van der Waals surface area contributed by atoms with E-state index >= 15 is 0 Å². The molecule has 0 heterocycles. The van der Waals surface area contributed by atoms with Gasteiger partial charge in [-0.05, 0) is 12.8 Å². The van der Waals surface area contributed by atoms with Crippen LogP contribution >= 0.6 is 7.82 Å². The highest BCUT2D eigenvalue weighted by atomic mass is 31.2. The molecule has 0 fully saturated rings. The molecule has 44 heavy (non-hydrogen) atoms. The normalized spacial score (nSPS) is 14.0. The first-order valence-electron chi connectivity index (χ1n) is 18.3. The number of likely N-dealkylation sites (N-methyl/N-ethyl adjacent to an activating group) is 1. The molecule has 0 saturated heterocycles. The Morgan fingerprint density at radius 1 is 0.614 bits per heavy atom. The van der Waals surface area contributed by atoms with E-state index in [1.54, 1.807) is 0 Å². The van der Waals surface area contributed by atoms with Gasteiger partial charge in [-0.15, -0.1) is 0 Å². The number of ether oxygens (including phenoxy) is 2. The van der Waals surface area contributed by atoms with Crippen molar-refractivity contribution in [2.45, 2.75) is 168 Å². The Hall–Kier alpha value is -0.500. The second kappa shape index (κ2) is 29.9. The summed E-state index contributed by atoms with van der Waals surface area (Å²) in [5.74, 6) is -0.321. The molecular formula is C35H73NO7P+. The molecule has 0 radical (unpaired) electrons. The van der Waals surface area contributed by atoms with E-state index in [0.29, 0.717) is 24.1 Å². The first-order valence-corrected chi connectivity index (χ1v) is 19.8. The predicted octanol–water partition coefficient (Wildman–Crippen LogP) is 9.77. The van der Waals surface area contributed by atoms with Crippen LogP contribution in [0.1, 0.15) is 162 Å². The third-order valence-corrected chi connectivity index (χ3v) is 8.90. The van der Waals surface area contributed by atoms with Crippen molar-refractivity contribution < 1.29 is 37.3 Å². The van der Waals surface area contributed by atoms with Gasteiger partial charge >= 0.3 is 13.8 Å². The molecule has 0 aliphatic heterocycles. The Morgan fingerprint density at radius 2 is 1.05 bits per heavy atom. The molecule has 9 heteroatoms. The molecule has 1 N–H and O–H groups in total. The Kier molecular flexibility index (Phi) is 29.5. The molecule has 2 unspecified atom stereocenters. The fraction of sp³-hybridized carbons (Fsp3) is 0.971. The molecule has 0 aliphatic carbocycles. The van der Waals surface area contributed by atoms with Crippen molar-refractivity contribution in [1.29, 1.82) is 0 Å². The Balaban J connectivity index is 4.13. The van der Waals surface area contributed by atoms with Gasteiger partial charge in [-0.1, -0.05) is 142 Å². The lowest BCUT2D eigenvalue weighted by Gasteiger charge is -2.24. The zero-order valence-electron chi connectivity index (χ0n) is 29.7. The maximum Gasteiger partial charge on any atom is 0.472 e. The highest BCUT2D eigenvalue weighted by molar-refractivity contribution is 7.47. The molecule has 8 nitrogen and oxygen atoms in total. The van der Waals surface area contributed by atoms with Crippen LogP contribution in [0.25, 0.3) is 0 Å². The van der Waals surface area contributed by atoms with Crippen molar-refractivity contribution >= 4 is 13.8 Å². The Labute approximate surface area is 272 Å². The van der Waals surface area contributed by atoms with Crippen molar-refractivity contribution in [3.05, 3.63) is 0 Å². The fourth-order valence-electron chi connectivity index (χ4n) is 5.02. The first-order chi connectivity index (χ1) is 21.1. The van der Waals surface area contributed by atoms with Crippen LogP contribution in [0.4, 0.5) is 0 Å². The van der Waals surface area contributed by atoms with E-state index in [1.807, 2.05) is 21.1 Å². The summed E-state index contributed by atoms with van der Waals surface area (Å²) in [6, 6.07) is 0. The monoisotopic (exact) mass is 651 g/mol. The second-order valence-corrected chi connectivity index (χ2v) is 15.1. The quantitative estimate of drug-likeness (QED) is 0.0321. The molecule has 0 aromatic heterocycles. The second-order valence-electron chi connectivity index (χ2n) is 13.6. The minimum Gasteiger partial charge on any atom is -0.457 e. The largest absolute Gasteiger partial charge is 0.472 e.